The van der Waals surface area contributed by atoms with E-state index in [9.17, 15) is 0 Å². The summed E-state index contributed by atoms with van der Waals surface area (Å²) in [5, 5.41) is 0. The zero-order chi connectivity index (χ0) is 13.0. The Morgan fingerprint density at radius 3 is 1.94 bits per heavy atom. The van der Waals surface area contributed by atoms with Gasteiger partial charge >= 0.3 is 0 Å². The van der Waals surface area contributed by atoms with Gasteiger partial charge in [-0.3, -0.25) is 0 Å². The van der Waals surface area contributed by atoms with Crippen LogP contribution in [0.2, 0.25) is 0 Å². The van der Waals surface area contributed by atoms with E-state index in [1.807, 2.05) is 0 Å². The Hall–Kier alpha value is -1.60. The second kappa shape index (κ2) is 5.83. The third-order valence-electron chi connectivity index (χ3n) is 3.28. The van der Waals surface area contributed by atoms with Crippen LogP contribution in [0.1, 0.15) is 29.5 Å². The summed E-state index contributed by atoms with van der Waals surface area (Å²) in [6.07, 6.45) is 0. The summed E-state index contributed by atoms with van der Waals surface area (Å²) in [6, 6.07) is 19.6. The second-order valence-corrected chi connectivity index (χ2v) is 5.11. The highest BCUT2D eigenvalue weighted by molar-refractivity contribution is 5.33. The summed E-state index contributed by atoms with van der Waals surface area (Å²) in [5.41, 5.74) is 4.12. The molecule has 0 aliphatic rings. The van der Waals surface area contributed by atoms with Crippen LogP contribution < -0.4 is 0 Å². The molecular formula is C17H21N. The molecule has 1 nitrogen and oxygen atoms in total. The first-order valence-electron chi connectivity index (χ1n) is 6.45. The molecule has 94 valence electrons. The maximum absolute atomic E-state index is 2.26. The van der Waals surface area contributed by atoms with Crippen molar-refractivity contribution in [3.63, 3.8) is 0 Å². The van der Waals surface area contributed by atoms with Gasteiger partial charge in [-0.05, 0) is 30.8 Å². The first kappa shape index (κ1) is 12.8. The number of hydrogen-bond donors (Lipinski definition) is 0. The lowest BCUT2D eigenvalue weighted by molar-refractivity contribution is 0.402. The van der Waals surface area contributed by atoms with Crippen LogP contribution in [0.5, 0.6) is 0 Å². The molecule has 1 unspecified atom stereocenters. The summed E-state index contributed by atoms with van der Waals surface area (Å²) < 4.78 is 0. The second-order valence-electron chi connectivity index (χ2n) is 5.11. The van der Waals surface area contributed by atoms with Crippen molar-refractivity contribution >= 4 is 0 Å². The van der Waals surface area contributed by atoms with Gasteiger partial charge in [-0.2, -0.15) is 0 Å². The molecule has 0 saturated heterocycles. The van der Waals surface area contributed by atoms with Gasteiger partial charge in [0.05, 0.1) is 0 Å². The Balaban J connectivity index is 2.14. The molecule has 0 saturated carbocycles. The lowest BCUT2D eigenvalue weighted by Gasteiger charge is -2.14. The van der Waals surface area contributed by atoms with E-state index in [0.29, 0.717) is 5.92 Å². The molecule has 0 amide bonds. The fraction of sp³-hybridized carbons (Fsp3) is 0.294. The maximum atomic E-state index is 2.26. The first-order valence-corrected chi connectivity index (χ1v) is 6.45. The Labute approximate surface area is 110 Å². The van der Waals surface area contributed by atoms with E-state index < -0.39 is 0 Å². The van der Waals surface area contributed by atoms with Gasteiger partial charge in [-0.15, -0.1) is 0 Å². The highest BCUT2D eigenvalue weighted by atomic mass is 15.0. The van der Waals surface area contributed by atoms with Gasteiger partial charge in [0, 0.05) is 12.5 Å². The summed E-state index contributed by atoms with van der Waals surface area (Å²) in [4.78, 5) is 2.19. The minimum Gasteiger partial charge on any atom is -0.305 e. The summed E-state index contributed by atoms with van der Waals surface area (Å²) in [6.45, 7) is 3.26. The molecule has 0 radical (unpaired) electrons. The lowest BCUT2D eigenvalue weighted by atomic mass is 9.92. The van der Waals surface area contributed by atoms with Crippen molar-refractivity contribution in [3.8, 4) is 0 Å². The maximum Gasteiger partial charge on any atom is 0.0227 e. The Kier molecular flexibility index (Phi) is 4.16. The smallest absolute Gasteiger partial charge is 0.0227 e. The van der Waals surface area contributed by atoms with Crippen molar-refractivity contribution in [3.05, 3.63) is 71.3 Å². The van der Waals surface area contributed by atoms with Crippen LogP contribution in [-0.4, -0.2) is 19.0 Å². The van der Waals surface area contributed by atoms with E-state index in [2.05, 4.69) is 80.5 Å². The number of benzene rings is 2. The molecule has 2 rings (SSSR count). The monoisotopic (exact) mass is 239 g/mol. The van der Waals surface area contributed by atoms with Crippen molar-refractivity contribution in [2.45, 2.75) is 19.4 Å². The topological polar surface area (TPSA) is 3.24 Å². The molecule has 0 fully saturated rings. The number of rotatable bonds is 4. The molecule has 0 aliphatic carbocycles. The molecule has 18 heavy (non-hydrogen) atoms. The molecular weight excluding hydrogens is 218 g/mol. The molecule has 2 aromatic carbocycles. The zero-order valence-corrected chi connectivity index (χ0v) is 11.4. The van der Waals surface area contributed by atoms with Crippen LogP contribution in [0.4, 0.5) is 0 Å². The normalized spacial score (nSPS) is 12.7. The highest BCUT2D eigenvalue weighted by Gasteiger charge is 2.07. The van der Waals surface area contributed by atoms with Gasteiger partial charge < -0.3 is 4.90 Å². The summed E-state index contributed by atoms with van der Waals surface area (Å²) in [7, 11) is 4.20. The van der Waals surface area contributed by atoms with Gasteiger partial charge in [-0.25, -0.2) is 0 Å². The molecule has 0 spiro atoms. The van der Waals surface area contributed by atoms with Crippen molar-refractivity contribution in [2.75, 3.05) is 14.1 Å². The van der Waals surface area contributed by atoms with Crippen LogP contribution in [0, 0.1) is 0 Å². The molecule has 0 aliphatic heterocycles. The first-order chi connectivity index (χ1) is 8.66. The van der Waals surface area contributed by atoms with Gasteiger partial charge in [0.2, 0.25) is 0 Å². The van der Waals surface area contributed by atoms with Gasteiger partial charge in [0.25, 0.3) is 0 Å². The van der Waals surface area contributed by atoms with Crippen LogP contribution in [0.25, 0.3) is 0 Å². The molecule has 0 heterocycles. The van der Waals surface area contributed by atoms with Gasteiger partial charge in [-0.1, -0.05) is 61.5 Å². The zero-order valence-electron chi connectivity index (χ0n) is 11.4. The van der Waals surface area contributed by atoms with Crippen molar-refractivity contribution in [1.82, 2.24) is 4.90 Å². The van der Waals surface area contributed by atoms with E-state index in [-0.39, 0.29) is 0 Å². The van der Waals surface area contributed by atoms with Crippen LogP contribution in [-0.2, 0) is 6.54 Å². The van der Waals surface area contributed by atoms with E-state index >= 15 is 0 Å². The van der Waals surface area contributed by atoms with Crippen LogP contribution in [0.3, 0.4) is 0 Å². The average molecular weight is 239 g/mol. The van der Waals surface area contributed by atoms with E-state index in [1.54, 1.807) is 0 Å². The molecule has 0 aromatic heterocycles. The summed E-state index contributed by atoms with van der Waals surface area (Å²) >= 11 is 0. The van der Waals surface area contributed by atoms with Crippen molar-refractivity contribution in [2.24, 2.45) is 0 Å². The molecule has 1 heteroatoms. The molecule has 1 atom stereocenters. The third kappa shape index (κ3) is 3.21. The Bertz CT molecular complexity index is 471. The number of nitrogens with zero attached hydrogens (tertiary/aromatic N) is 1. The third-order valence-corrected chi connectivity index (χ3v) is 3.28. The Morgan fingerprint density at radius 1 is 0.833 bits per heavy atom. The minimum atomic E-state index is 0.458. The Morgan fingerprint density at radius 2 is 1.39 bits per heavy atom. The highest BCUT2D eigenvalue weighted by Crippen LogP contribution is 2.24. The van der Waals surface area contributed by atoms with Gasteiger partial charge in [0.1, 0.15) is 0 Å². The van der Waals surface area contributed by atoms with E-state index in [0.717, 1.165) is 6.54 Å². The summed E-state index contributed by atoms with van der Waals surface area (Å²) in [5.74, 6) is 0.458. The van der Waals surface area contributed by atoms with E-state index in [4.69, 9.17) is 0 Å². The molecule has 2 aromatic rings. The van der Waals surface area contributed by atoms with Crippen molar-refractivity contribution < 1.29 is 0 Å². The average Bonchev–Trinajstić information content (AvgIpc) is 2.39. The lowest BCUT2D eigenvalue weighted by Crippen LogP contribution is -2.10. The van der Waals surface area contributed by atoms with E-state index in [1.165, 1.54) is 16.7 Å². The number of hydrogen-bond acceptors (Lipinski definition) is 1. The quantitative estimate of drug-likeness (QED) is 0.782. The fourth-order valence-electron chi connectivity index (χ4n) is 2.21. The standard InChI is InChI=1S/C17H21N/c1-14(16-7-5-4-6-8-16)17-11-9-15(10-12-17)13-18(2)3/h4-12,14H,13H2,1-3H3. The largest absolute Gasteiger partial charge is 0.305 e. The molecule has 0 N–H and O–H groups in total. The predicted octanol–water partition coefficient (Wildman–Crippen LogP) is 3.90. The molecule has 0 bridgehead atoms. The van der Waals surface area contributed by atoms with Gasteiger partial charge in [0.15, 0.2) is 0 Å². The predicted molar refractivity (Wildman–Crippen MR) is 77.8 cm³/mol. The van der Waals surface area contributed by atoms with Crippen molar-refractivity contribution in [1.29, 1.82) is 0 Å². The van der Waals surface area contributed by atoms with Crippen LogP contribution >= 0.6 is 0 Å². The van der Waals surface area contributed by atoms with Crippen LogP contribution in [0.15, 0.2) is 54.6 Å². The fourth-order valence-corrected chi connectivity index (χ4v) is 2.21. The minimum absolute atomic E-state index is 0.458. The SMILES string of the molecule is CC(c1ccccc1)c1ccc(CN(C)C)cc1.